The molecular weight excluding hydrogens is 446 g/mol. The summed E-state index contributed by atoms with van der Waals surface area (Å²) in [5, 5.41) is 5.88. The topological polar surface area (TPSA) is 71.5 Å². The summed E-state index contributed by atoms with van der Waals surface area (Å²) >= 11 is 1.59. The Morgan fingerprint density at radius 2 is 1.94 bits per heavy atom. The molecule has 0 bridgehead atoms. The zero-order valence-electron chi connectivity index (χ0n) is 19.3. The fourth-order valence-corrected chi connectivity index (χ4v) is 4.48. The van der Waals surface area contributed by atoms with Crippen molar-refractivity contribution in [3.8, 4) is 5.75 Å². The van der Waals surface area contributed by atoms with Crippen LogP contribution in [0.25, 0.3) is 6.08 Å². The molecule has 2 heterocycles. The molecule has 3 aromatic rings. The third-order valence-electron chi connectivity index (χ3n) is 5.66. The number of thiazole rings is 1. The van der Waals surface area contributed by atoms with Crippen LogP contribution in [0.1, 0.15) is 51.4 Å². The summed E-state index contributed by atoms with van der Waals surface area (Å²) in [6.07, 6.45) is 6.55. The summed E-state index contributed by atoms with van der Waals surface area (Å²) in [7, 11) is 0. The number of piperidine rings is 1. The summed E-state index contributed by atoms with van der Waals surface area (Å²) in [6.45, 7) is 4.34. The van der Waals surface area contributed by atoms with Crippen molar-refractivity contribution in [2.45, 2.75) is 39.3 Å². The number of amides is 2. The molecule has 1 aliphatic heterocycles. The van der Waals surface area contributed by atoms with Crippen LogP contribution in [0.3, 0.4) is 0 Å². The second kappa shape index (κ2) is 11.6. The Hall–Kier alpha value is -3.45. The van der Waals surface area contributed by atoms with Gasteiger partial charge in [0.2, 0.25) is 5.91 Å². The molecule has 6 nitrogen and oxygen atoms in total. The second-order valence-corrected chi connectivity index (χ2v) is 9.35. The van der Waals surface area contributed by atoms with Crippen LogP contribution >= 0.6 is 11.3 Å². The molecule has 4 rings (SSSR count). The van der Waals surface area contributed by atoms with E-state index in [9.17, 15) is 9.59 Å². The molecule has 0 atom stereocenters. The van der Waals surface area contributed by atoms with Crippen LogP contribution in [0.4, 0.5) is 0 Å². The molecule has 1 N–H and O–H groups in total. The van der Waals surface area contributed by atoms with Crippen LogP contribution in [-0.2, 0) is 17.9 Å². The zero-order chi connectivity index (χ0) is 23.8. The van der Waals surface area contributed by atoms with Gasteiger partial charge in [0.1, 0.15) is 12.4 Å². The highest BCUT2D eigenvalue weighted by atomic mass is 32.1. The largest absolute Gasteiger partial charge is 0.487 e. The number of carbonyl (C=O) groups is 2. The lowest BCUT2D eigenvalue weighted by Gasteiger charge is -2.26. The summed E-state index contributed by atoms with van der Waals surface area (Å²) < 4.78 is 5.91. The van der Waals surface area contributed by atoms with E-state index in [1.807, 2.05) is 65.7 Å². The number of aryl methyl sites for hydroxylation is 1. The quantitative estimate of drug-likeness (QED) is 0.466. The molecule has 1 fully saturated rings. The molecule has 34 heavy (non-hydrogen) atoms. The Morgan fingerprint density at radius 3 is 2.74 bits per heavy atom. The van der Waals surface area contributed by atoms with Gasteiger partial charge in [-0.1, -0.05) is 30.3 Å². The van der Waals surface area contributed by atoms with Crippen molar-refractivity contribution in [2.75, 3.05) is 13.1 Å². The predicted molar refractivity (Wildman–Crippen MR) is 135 cm³/mol. The van der Waals surface area contributed by atoms with Crippen LogP contribution < -0.4 is 10.1 Å². The van der Waals surface area contributed by atoms with Gasteiger partial charge in [-0.15, -0.1) is 11.3 Å². The number of nitrogens with zero attached hydrogens (tertiary/aromatic N) is 2. The number of para-hydroxylation sites is 1. The molecule has 0 saturated carbocycles. The smallest absolute Gasteiger partial charge is 0.253 e. The lowest BCUT2D eigenvalue weighted by atomic mass is 10.1. The molecule has 1 aliphatic rings. The van der Waals surface area contributed by atoms with Crippen molar-refractivity contribution >= 4 is 29.2 Å². The molecule has 0 unspecified atom stereocenters. The average molecular weight is 476 g/mol. The van der Waals surface area contributed by atoms with E-state index in [0.717, 1.165) is 47.8 Å². The van der Waals surface area contributed by atoms with E-state index in [-0.39, 0.29) is 11.8 Å². The highest BCUT2D eigenvalue weighted by molar-refractivity contribution is 7.09. The van der Waals surface area contributed by atoms with Gasteiger partial charge in [0.25, 0.3) is 5.91 Å². The first kappa shape index (κ1) is 23.7. The fraction of sp³-hybridized carbons (Fsp3) is 0.296. The first-order valence-electron chi connectivity index (χ1n) is 11.6. The minimum absolute atomic E-state index is 0.0668. The van der Waals surface area contributed by atoms with Crippen molar-refractivity contribution in [2.24, 2.45) is 0 Å². The number of hydrogen-bond acceptors (Lipinski definition) is 5. The Bertz CT molecular complexity index is 1170. The standard InChI is InChI=1S/C27H29N3O3S/c1-20-29-24(19-34-20)18-33-25-11-4-3-9-22(25)12-13-26(31)28-17-21-8-7-10-23(16-21)27(32)30-14-5-2-6-15-30/h3-4,7-13,16,19H,2,5-6,14-15,17-18H2,1H3,(H,28,31)/b13-12+. The highest BCUT2D eigenvalue weighted by Gasteiger charge is 2.18. The Labute approximate surface area is 204 Å². The van der Waals surface area contributed by atoms with E-state index in [1.165, 1.54) is 12.5 Å². The van der Waals surface area contributed by atoms with Crippen molar-refractivity contribution < 1.29 is 14.3 Å². The van der Waals surface area contributed by atoms with Crippen molar-refractivity contribution in [1.82, 2.24) is 15.2 Å². The fourth-order valence-electron chi connectivity index (χ4n) is 3.88. The normalized spacial score (nSPS) is 13.7. The van der Waals surface area contributed by atoms with Crippen LogP contribution in [0.15, 0.2) is 60.0 Å². The van der Waals surface area contributed by atoms with Gasteiger partial charge in [-0.2, -0.15) is 0 Å². The van der Waals surface area contributed by atoms with Crippen LogP contribution in [0.5, 0.6) is 5.75 Å². The molecule has 1 saturated heterocycles. The van der Waals surface area contributed by atoms with Gasteiger partial charge >= 0.3 is 0 Å². The lowest BCUT2D eigenvalue weighted by Crippen LogP contribution is -2.35. The number of aromatic nitrogens is 1. The monoisotopic (exact) mass is 475 g/mol. The minimum atomic E-state index is -0.210. The van der Waals surface area contributed by atoms with E-state index in [0.29, 0.717) is 24.5 Å². The van der Waals surface area contributed by atoms with Crippen molar-refractivity contribution in [3.63, 3.8) is 0 Å². The summed E-state index contributed by atoms with van der Waals surface area (Å²) in [6, 6.07) is 15.1. The SMILES string of the molecule is Cc1nc(COc2ccccc2/C=C/C(=O)NCc2cccc(C(=O)N3CCCCC3)c2)cs1. The maximum absolute atomic E-state index is 12.7. The van der Waals surface area contributed by atoms with Crippen LogP contribution in [-0.4, -0.2) is 34.8 Å². The number of rotatable bonds is 8. The number of nitrogens with one attached hydrogen (secondary N) is 1. The van der Waals surface area contributed by atoms with Crippen molar-refractivity contribution in [1.29, 1.82) is 0 Å². The molecular formula is C27H29N3O3S. The molecule has 7 heteroatoms. The molecule has 2 amide bonds. The number of benzene rings is 2. The van der Waals surface area contributed by atoms with Gasteiger partial charge in [-0.05, 0) is 56.0 Å². The molecule has 0 radical (unpaired) electrons. The van der Waals surface area contributed by atoms with Crippen LogP contribution in [0, 0.1) is 6.92 Å². The Morgan fingerprint density at radius 1 is 1.12 bits per heavy atom. The van der Waals surface area contributed by atoms with Gasteiger partial charge in [-0.25, -0.2) is 4.98 Å². The molecule has 0 spiro atoms. The van der Waals surface area contributed by atoms with Gasteiger partial charge in [0, 0.05) is 42.2 Å². The van der Waals surface area contributed by atoms with Gasteiger partial charge in [0.15, 0.2) is 0 Å². The van der Waals surface area contributed by atoms with E-state index >= 15 is 0 Å². The third kappa shape index (κ3) is 6.54. The second-order valence-electron chi connectivity index (χ2n) is 8.29. The average Bonchev–Trinajstić information content (AvgIpc) is 3.30. The number of ether oxygens (including phenoxy) is 1. The minimum Gasteiger partial charge on any atom is -0.487 e. The van der Waals surface area contributed by atoms with E-state index in [1.54, 1.807) is 17.4 Å². The number of carbonyl (C=O) groups excluding carboxylic acids is 2. The van der Waals surface area contributed by atoms with E-state index < -0.39 is 0 Å². The predicted octanol–water partition coefficient (Wildman–Crippen LogP) is 4.99. The molecule has 176 valence electrons. The first-order valence-corrected chi connectivity index (χ1v) is 12.4. The summed E-state index contributed by atoms with van der Waals surface area (Å²) in [4.78, 5) is 31.5. The Kier molecular flexibility index (Phi) is 8.09. The van der Waals surface area contributed by atoms with Crippen LogP contribution in [0.2, 0.25) is 0 Å². The molecule has 1 aromatic heterocycles. The summed E-state index contributed by atoms with van der Waals surface area (Å²) in [5.74, 6) is 0.552. The number of likely N-dealkylation sites (tertiary alicyclic amines) is 1. The first-order chi connectivity index (χ1) is 16.6. The highest BCUT2D eigenvalue weighted by Crippen LogP contribution is 2.21. The molecule has 2 aromatic carbocycles. The lowest BCUT2D eigenvalue weighted by molar-refractivity contribution is -0.116. The zero-order valence-corrected chi connectivity index (χ0v) is 20.1. The maximum atomic E-state index is 12.7. The third-order valence-corrected chi connectivity index (χ3v) is 6.48. The number of hydrogen-bond donors (Lipinski definition) is 1. The van der Waals surface area contributed by atoms with Gasteiger partial charge in [-0.3, -0.25) is 9.59 Å². The van der Waals surface area contributed by atoms with E-state index in [2.05, 4.69) is 10.3 Å². The summed E-state index contributed by atoms with van der Waals surface area (Å²) in [5.41, 5.74) is 3.27. The van der Waals surface area contributed by atoms with Gasteiger partial charge in [0.05, 0.1) is 10.7 Å². The molecule has 0 aliphatic carbocycles. The van der Waals surface area contributed by atoms with Gasteiger partial charge < -0.3 is 15.0 Å². The van der Waals surface area contributed by atoms with Crippen molar-refractivity contribution in [3.05, 3.63) is 87.4 Å². The van der Waals surface area contributed by atoms with E-state index in [4.69, 9.17) is 4.74 Å². The maximum Gasteiger partial charge on any atom is 0.253 e. The Balaban J connectivity index is 1.32.